The number of rotatable bonds is 4. The van der Waals surface area contributed by atoms with Crippen molar-refractivity contribution in [2.24, 2.45) is 0 Å². The number of methoxy groups -OCH3 is 2. The van der Waals surface area contributed by atoms with Gasteiger partial charge in [0, 0.05) is 31.2 Å². The number of piperazine rings is 1. The van der Waals surface area contributed by atoms with E-state index in [0.29, 0.717) is 11.5 Å². The van der Waals surface area contributed by atoms with Crippen molar-refractivity contribution in [3.8, 4) is 11.5 Å². The van der Waals surface area contributed by atoms with Crippen molar-refractivity contribution < 1.29 is 27.4 Å². The fourth-order valence-electron chi connectivity index (χ4n) is 3.36. The summed E-state index contributed by atoms with van der Waals surface area (Å²) in [6.45, 7) is 9.48. The van der Waals surface area contributed by atoms with Gasteiger partial charge in [-0.1, -0.05) is 0 Å². The summed E-state index contributed by atoms with van der Waals surface area (Å²) in [4.78, 5) is 14.1. The number of benzene rings is 1. The summed E-state index contributed by atoms with van der Waals surface area (Å²) in [5.41, 5.74) is -0.605. The van der Waals surface area contributed by atoms with Crippen LogP contribution in [0.1, 0.15) is 34.6 Å². The largest absolute Gasteiger partial charge is 0.493 e. The SMILES string of the molecule is COc1ccc(S(=O)(=O)N2[C@H](C)CN(C(=O)OC(C)(C)C)C[C@@H]2C)cc1OC. The molecule has 1 fully saturated rings. The summed E-state index contributed by atoms with van der Waals surface area (Å²) in [5, 5.41) is 0. The van der Waals surface area contributed by atoms with Gasteiger partial charge in [-0.3, -0.25) is 0 Å². The molecule has 0 radical (unpaired) electrons. The Morgan fingerprint density at radius 3 is 2.04 bits per heavy atom. The first-order chi connectivity index (χ1) is 12.9. The normalized spacial score (nSPS) is 21.3. The zero-order valence-corrected chi connectivity index (χ0v) is 18.4. The van der Waals surface area contributed by atoms with Crippen LogP contribution in [0.25, 0.3) is 0 Å². The molecule has 1 aliphatic heterocycles. The van der Waals surface area contributed by atoms with Gasteiger partial charge in [0.05, 0.1) is 19.1 Å². The van der Waals surface area contributed by atoms with Crippen LogP contribution in [0.4, 0.5) is 4.79 Å². The average molecular weight is 415 g/mol. The lowest BCUT2D eigenvalue weighted by Crippen LogP contribution is -2.60. The Morgan fingerprint density at radius 2 is 1.57 bits per heavy atom. The number of hydrogen-bond donors (Lipinski definition) is 0. The Labute approximate surface area is 167 Å². The van der Waals surface area contributed by atoms with Crippen molar-refractivity contribution in [2.75, 3.05) is 27.3 Å². The fourth-order valence-corrected chi connectivity index (χ4v) is 5.18. The van der Waals surface area contributed by atoms with Gasteiger partial charge in [-0.05, 0) is 46.8 Å². The maximum absolute atomic E-state index is 13.3. The van der Waals surface area contributed by atoms with Crippen molar-refractivity contribution in [3.05, 3.63) is 18.2 Å². The Balaban J connectivity index is 2.27. The summed E-state index contributed by atoms with van der Waals surface area (Å²) in [7, 11) is -0.834. The number of carbonyl (C=O) groups is 1. The van der Waals surface area contributed by atoms with Gasteiger partial charge in [-0.15, -0.1) is 0 Å². The number of ether oxygens (including phenoxy) is 3. The van der Waals surface area contributed by atoms with E-state index in [0.717, 1.165) is 0 Å². The molecule has 9 heteroatoms. The molecule has 1 aliphatic rings. The van der Waals surface area contributed by atoms with Gasteiger partial charge in [0.2, 0.25) is 10.0 Å². The molecule has 28 heavy (non-hydrogen) atoms. The summed E-state index contributed by atoms with van der Waals surface area (Å²) in [6, 6.07) is 3.70. The summed E-state index contributed by atoms with van der Waals surface area (Å²) in [5.74, 6) is 0.800. The molecule has 0 aliphatic carbocycles. The number of carbonyl (C=O) groups excluding carboxylic acids is 1. The van der Waals surface area contributed by atoms with E-state index in [4.69, 9.17) is 14.2 Å². The molecule has 1 amide bonds. The van der Waals surface area contributed by atoms with Gasteiger partial charge in [-0.25, -0.2) is 13.2 Å². The Kier molecular flexibility index (Phi) is 6.50. The Hall–Kier alpha value is -2.00. The van der Waals surface area contributed by atoms with E-state index in [9.17, 15) is 13.2 Å². The molecule has 0 unspecified atom stereocenters. The predicted molar refractivity (Wildman–Crippen MR) is 105 cm³/mol. The molecule has 0 bridgehead atoms. The number of sulfonamides is 1. The topological polar surface area (TPSA) is 85.4 Å². The van der Waals surface area contributed by atoms with E-state index in [-0.39, 0.29) is 18.0 Å². The van der Waals surface area contributed by atoms with Gasteiger partial charge in [0.1, 0.15) is 5.60 Å². The van der Waals surface area contributed by atoms with Crippen molar-refractivity contribution >= 4 is 16.1 Å². The predicted octanol–water partition coefficient (Wildman–Crippen LogP) is 2.72. The minimum atomic E-state index is -3.78. The van der Waals surface area contributed by atoms with E-state index < -0.39 is 33.8 Å². The lowest BCUT2D eigenvalue weighted by Gasteiger charge is -2.43. The standard InChI is InChI=1S/C19H30N2O6S/c1-13-11-20(18(22)27-19(3,4)5)12-14(2)21(13)28(23,24)15-8-9-16(25-6)17(10-15)26-7/h8-10,13-14H,11-12H2,1-7H3/t13-,14+. The third-order valence-corrected chi connectivity index (χ3v) is 6.54. The van der Waals surface area contributed by atoms with Gasteiger partial charge in [0.15, 0.2) is 11.5 Å². The van der Waals surface area contributed by atoms with Crippen molar-refractivity contribution in [1.82, 2.24) is 9.21 Å². The Bertz CT molecular complexity index is 806. The second kappa shape index (κ2) is 8.16. The Morgan fingerprint density at radius 1 is 1.04 bits per heavy atom. The van der Waals surface area contributed by atoms with Crippen LogP contribution >= 0.6 is 0 Å². The van der Waals surface area contributed by atoms with Gasteiger partial charge in [0.25, 0.3) is 0 Å². The lowest BCUT2D eigenvalue weighted by atomic mass is 10.1. The lowest BCUT2D eigenvalue weighted by molar-refractivity contribution is 0.00744. The van der Waals surface area contributed by atoms with E-state index >= 15 is 0 Å². The van der Waals surface area contributed by atoms with Crippen LogP contribution in [-0.2, 0) is 14.8 Å². The van der Waals surface area contributed by atoms with Crippen LogP contribution in [0.3, 0.4) is 0 Å². The van der Waals surface area contributed by atoms with Gasteiger partial charge >= 0.3 is 6.09 Å². The molecule has 1 aromatic rings. The maximum atomic E-state index is 13.3. The van der Waals surface area contributed by atoms with Crippen molar-refractivity contribution in [1.29, 1.82) is 0 Å². The first kappa shape index (κ1) is 22.3. The monoisotopic (exact) mass is 414 g/mol. The summed E-state index contributed by atoms with van der Waals surface area (Å²) < 4.78 is 43.8. The maximum Gasteiger partial charge on any atom is 0.410 e. The molecular formula is C19H30N2O6S. The van der Waals surface area contributed by atoms with Crippen LogP contribution in [0.15, 0.2) is 23.1 Å². The molecule has 0 saturated carbocycles. The third-order valence-electron chi connectivity index (χ3n) is 4.42. The second-order valence-electron chi connectivity index (χ2n) is 7.94. The third kappa shape index (κ3) is 4.70. The first-order valence-electron chi connectivity index (χ1n) is 9.14. The van der Waals surface area contributed by atoms with Crippen LogP contribution in [0, 0.1) is 0 Å². The number of nitrogens with zero attached hydrogens (tertiary/aromatic N) is 2. The van der Waals surface area contributed by atoms with Gasteiger partial charge in [-0.2, -0.15) is 4.31 Å². The molecule has 1 saturated heterocycles. The molecule has 0 N–H and O–H groups in total. The fraction of sp³-hybridized carbons (Fsp3) is 0.632. The van der Waals surface area contributed by atoms with Crippen LogP contribution in [0.5, 0.6) is 11.5 Å². The van der Waals surface area contributed by atoms with Crippen LogP contribution < -0.4 is 9.47 Å². The summed E-state index contributed by atoms with van der Waals surface area (Å²) in [6.07, 6.45) is -0.436. The molecular weight excluding hydrogens is 384 g/mol. The smallest absolute Gasteiger partial charge is 0.410 e. The zero-order valence-electron chi connectivity index (χ0n) is 17.6. The molecule has 1 heterocycles. The molecule has 0 spiro atoms. The van der Waals surface area contributed by atoms with E-state index in [2.05, 4.69) is 0 Å². The average Bonchev–Trinajstić information content (AvgIpc) is 2.58. The van der Waals surface area contributed by atoms with Crippen LogP contribution in [-0.4, -0.2) is 68.7 Å². The van der Waals surface area contributed by atoms with E-state index in [1.54, 1.807) is 45.6 Å². The molecule has 2 atom stereocenters. The molecule has 8 nitrogen and oxygen atoms in total. The highest BCUT2D eigenvalue weighted by Crippen LogP contribution is 2.33. The van der Waals surface area contributed by atoms with Crippen LogP contribution in [0.2, 0.25) is 0 Å². The first-order valence-corrected chi connectivity index (χ1v) is 10.6. The minimum Gasteiger partial charge on any atom is -0.493 e. The number of hydrogen-bond acceptors (Lipinski definition) is 6. The second-order valence-corrected chi connectivity index (χ2v) is 9.78. The molecule has 2 rings (SSSR count). The minimum absolute atomic E-state index is 0.120. The quantitative estimate of drug-likeness (QED) is 0.753. The number of amides is 1. The van der Waals surface area contributed by atoms with E-state index in [1.807, 2.05) is 0 Å². The van der Waals surface area contributed by atoms with E-state index in [1.165, 1.54) is 30.7 Å². The summed E-state index contributed by atoms with van der Waals surface area (Å²) >= 11 is 0. The van der Waals surface area contributed by atoms with Crippen molar-refractivity contribution in [3.63, 3.8) is 0 Å². The molecule has 1 aromatic carbocycles. The highest BCUT2D eigenvalue weighted by Gasteiger charge is 2.41. The van der Waals surface area contributed by atoms with Gasteiger partial charge < -0.3 is 19.1 Å². The highest BCUT2D eigenvalue weighted by molar-refractivity contribution is 7.89. The van der Waals surface area contributed by atoms with Crippen molar-refractivity contribution in [2.45, 2.75) is 57.2 Å². The highest BCUT2D eigenvalue weighted by atomic mass is 32.2. The molecule has 0 aromatic heterocycles. The molecule has 158 valence electrons. The zero-order chi connectivity index (χ0) is 21.3.